The van der Waals surface area contributed by atoms with Crippen LogP contribution in [-0.2, 0) is 4.79 Å². The minimum Gasteiger partial charge on any atom is -0.396 e. The predicted molar refractivity (Wildman–Crippen MR) is 50.3 cm³/mol. The fourth-order valence-corrected chi connectivity index (χ4v) is 1.52. The molecule has 0 aromatic rings. The number of aliphatic hydroxyl groups is 1. The van der Waals surface area contributed by atoms with Crippen molar-refractivity contribution in [2.45, 2.75) is 38.3 Å². The van der Waals surface area contributed by atoms with E-state index in [-0.39, 0.29) is 24.6 Å². The molecule has 1 heterocycles. The van der Waals surface area contributed by atoms with Crippen molar-refractivity contribution in [3.63, 3.8) is 0 Å². The maximum atomic E-state index is 11.5. The van der Waals surface area contributed by atoms with E-state index in [4.69, 9.17) is 5.11 Å². The molecule has 1 amide bonds. The Balaban J connectivity index is 2.23. The predicted octanol–water partition coefficient (Wildman–Crippen LogP) is -0.374. The summed E-state index contributed by atoms with van der Waals surface area (Å²) in [7, 11) is 0. The minimum absolute atomic E-state index is 0.0128. The Bertz CT molecular complexity index is 167. The number of carbonyl (C=O) groups is 1. The van der Waals surface area contributed by atoms with Crippen LogP contribution in [0.5, 0.6) is 0 Å². The molecule has 0 aromatic carbocycles. The average molecular weight is 186 g/mol. The third-order valence-corrected chi connectivity index (χ3v) is 2.33. The van der Waals surface area contributed by atoms with Gasteiger partial charge in [0.1, 0.15) is 0 Å². The third-order valence-electron chi connectivity index (χ3n) is 2.33. The van der Waals surface area contributed by atoms with Crippen LogP contribution in [0.4, 0.5) is 0 Å². The summed E-state index contributed by atoms with van der Waals surface area (Å²) < 4.78 is 0. The molecular formula is C9H18N2O2. The van der Waals surface area contributed by atoms with E-state index in [1.54, 1.807) is 0 Å². The summed E-state index contributed by atoms with van der Waals surface area (Å²) in [6.45, 7) is 2.97. The fraction of sp³-hybridized carbons (Fsp3) is 0.889. The summed E-state index contributed by atoms with van der Waals surface area (Å²) in [5.74, 6) is 0.0680. The molecule has 0 radical (unpaired) electrons. The lowest BCUT2D eigenvalue weighted by atomic mass is 10.2. The third kappa shape index (κ3) is 3.32. The first-order valence-electron chi connectivity index (χ1n) is 4.88. The molecule has 0 saturated carbocycles. The van der Waals surface area contributed by atoms with E-state index in [1.807, 2.05) is 6.92 Å². The minimum atomic E-state index is -0.0128. The monoisotopic (exact) mass is 186 g/mol. The van der Waals surface area contributed by atoms with E-state index >= 15 is 0 Å². The van der Waals surface area contributed by atoms with Gasteiger partial charge in [0.25, 0.3) is 0 Å². The van der Waals surface area contributed by atoms with Gasteiger partial charge >= 0.3 is 0 Å². The summed E-state index contributed by atoms with van der Waals surface area (Å²) in [5, 5.41) is 14.6. The van der Waals surface area contributed by atoms with E-state index < -0.39 is 0 Å². The molecule has 3 N–H and O–H groups in total. The lowest BCUT2D eigenvalue weighted by Crippen LogP contribution is -2.44. The molecule has 0 spiro atoms. The Hall–Kier alpha value is -0.610. The lowest BCUT2D eigenvalue weighted by Gasteiger charge is -2.16. The van der Waals surface area contributed by atoms with Crippen LogP contribution in [0, 0.1) is 0 Å². The van der Waals surface area contributed by atoms with Crippen LogP contribution in [0.15, 0.2) is 0 Å². The normalized spacial score (nSPS) is 24.3. The van der Waals surface area contributed by atoms with Gasteiger partial charge in [-0.25, -0.2) is 0 Å². The number of aliphatic hydroxyl groups excluding tert-OH is 1. The molecule has 4 heteroatoms. The molecule has 76 valence electrons. The van der Waals surface area contributed by atoms with E-state index in [2.05, 4.69) is 10.6 Å². The Morgan fingerprint density at radius 3 is 3.08 bits per heavy atom. The van der Waals surface area contributed by atoms with Gasteiger partial charge in [-0.05, 0) is 32.7 Å². The van der Waals surface area contributed by atoms with E-state index in [0.29, 0.717) is 6.42 Å². The molecule has 1 fully saturated rings. The van der Waals surface area contributed by atoms with Crippen LogP contribution in [0.1, 0.15) is 26.2 Å². The molecule has 1 rings (SSSR count). The molecular weight excluding hydrogens is 168 g/mol. The van der Waals surface area contributed by atoms with Gasteiger partial charge in [0.05, 0.1) is 6.04 Å². The van der Waals surface area contributed by atoms with E-state index in [1.165, 1.54) is 0 Å². The van der Waals surface area contributed by atoms with Crippen molar-refractivity contribution < 1.29 is 9.90 Å². The number of rotatable bonds is 4. The molecule has 1 aliphatic rings. The lowest BCUT2D eigenvalue weighted by molar-refractivity contribution is -0.123. The largest absolute Gasteiger partial charge is 0.396 e. The second-order valence-corrected chi connectivity index (χ2v) is 3.57. The summed E-state index contributed by atoms with van der Waals surface area (Å²) in [5.41, 5.74) is 0. The first-order valence-corrected chi connectivity index (χ1v) is 4.88. The molecule has 13 heavy (non-hydrogen) atoms. The summed E-state index contributed by atoms with van der Waals surface area (Å²) in [6.07, 6.45) is 2.63. The van der Waals surface area contributed by atoms with Crippen molar-refractivity contribution in [2.24, 2.45) is 0 Å². The fourth-order valence-electron chi connectivity index (χ4n) is 1.52. The van der Waals surface area contributed by atoms with Crippen molar-refractivity contribution >= 4 is 5.91 Å². The van der Waals surface area contributed by atoms with Crippen molar-refractivity contribution in [3.05, 3.63) is 0 Å². The number of carbonyl (C=O) groups excluding carboxylic acids is 1. The zero-order valence-electron chi connectivity index (χ0n) is 8.05. The molecule has 2 atom stereocenters. The zero-order valence-corrected chi connectivity index (χ0v) is 8.05. The van der Waals surface area contributed by atoms with Crippen molar-refractivity contribution in [1.82, 2.24) is 10.6 Å². The maximum absolute atomic E-state index is 11.5. The van der Waals surface area contributed by atoms with Crippen molar-refractivity contribution in [1.29, 1.82) is 0 Å². The molecule has 1 saturated heterocycles. The Morgan fingerprint density at radius 2 is 2.54 bits per heavy atom. The van der Waals surface area contributed by atoms with Gasteiger partial charge in [-0.15, -0.1) is 0 Å². The number of amides is 1. The van der Waals surface area contributed by atoms with Gasteiger partial charge in [0, 0.05) is 12.6 Å². The van der Waals surface area contributed by atoms with Crippen LogP contribution in [0.2, 0.25) is 0 Å². The van der Waals surface area contributed by atoms with Gasteiger partial charge in [-0.1, -0.05) is 0 Å². The molecule has 1 aliphatic heterocycles. The second kappa shape index (κ2) is 5.19. The van der Waals surface area contributed by atoms with Crippen molar-refractivity contribution in [2.75, 3.05) is 13.2 Å². The SMILES string of the molecule is CC(CCO)NC(=O)[C@H]1CCCN1. The van der Waals surface area contributed by atoms with Crippen LogP contribution >= 0.6 is 0 Å². The van der Waals surface area contributed by atoms with Crippen LogP contribution in [-0.4, -0.2) is 36.2 Å². The molecule has 0 bridgehead atoms. The topological polar surface area (TPSA) is 61.4 Å². The Kier molecular flexibility index (Phi) is 4.18. The number of nitrogens with one attached hydrogen (secondary N) is 2. The molecule has 0 aromatic heterocycles. The van der Waals surface area contributed by atoms with Gasteiger partial charge in [0.2, 0.25) is 5.91 Å². The number of hydrogen-bond acceptors (Lipinski definition) is 3. The maximum Gasteiger partial charge on any atom is 0.237 e. The first-order chi connectivity index (χ1) is 6.24. The van der Waals surface area contributed by atoms with Crippen LogP contribution in [0.25, 0.3) is 0 Å². The highest BCUT2D eigenvalue weighted by molar-refractivity contribution is 5.82. The molecule has 1 unspecified atom stereocenters. The summed E-state index contributed by atoms with van der Waals surface area (Å²) >= 11 is 0. The molecule has 0 aliphatic carbocycles. The summed E-state index contributed by atoms with van der Waals surface area (Å²) in [6, 6.07) is 0.0565. The Labute approximate surface area is 78.7 Å². The molecule has 4 nitrogen and oxygen atoms in total. The van der Waals surface area contributed by atoms with E-state index in [0.717, 1.165) is 19.4 Å². The smallest absolute Gasteiger partial charge is 0.237 e. The van der Waals surface area contributed by atoms with Crippen molar-refractivity contribution in [3.8, 4) is 0 Å². The quantitative estimate of drug-likeness (QED) is 0.561. The number of hydrogen-bond donors (Lipinski definition) is 3. The highest BCUT2D eigenvalue weighted by Crippen LogP contribution is 2.05. The van der Waals surface area contributed by atoms with Gasteiger partial charge in [-0.3, -0.25) is 4.79 Å². The van der Waals surface area contributed by atoms with Gasteiger partial charge in [-0.2, -0.15) is 0 Å². The summed E-state index contributed by atoms with van der Waals surface area (Å²) in [4.78, 5) is 11.5. The van der Waals surface area contributed by atoms with Gasteiger partial charge < -0.3 is 15.7 Å². The Morgan fingerprint density at radius 1 is 1.77 bits per heavy atom. The zero-order chi connectivity index (χ0) is 9.68. The van der Waals surface area contributed by atoms with Crippen LogP contribution in [0.3, 0.4) is 0 Å². The second-order valence-electron chi connectivity index (χ2n) is 3.57. The van der Waals surface area contributed by atoms with Crippen LogP contribution < -0.4 is 10.6 Å². The first kappa shape index (κ1) is 10.5. The van der Waals surface area contributed by atoms with Gasteiger partial charge in [0.15, 0.2) is 0 Å². The standard InChI is InChI=1S/C9H18N2O2/c1-7(4-6-12)11-9(13)8-3-2-5-10-8/h7-8,10,12H,2-6H2,1H3,(H,11,13)/t7?,8-/m1/s1. The van der Waals surface area contributed by atoms with E-state index in [9.17, 15) is 4.79 Å². The highest BCUT2D eigenvalue weighted by atomic mass is 16.3. The highest BCUT2D eigenvalue weighted by Gasteiger charge is 2.22. The average Bonchev–Trinajstić information content (AvgIpc) is 2.55.